The smallest absolute Gasteiger partial charge is 0.0301 e. The molecule has 2 nitrogen and oxygen atoms in total. The van der Waals surface area contributed by atoms with Crippen LogP contribution >= 0.6 is 0 Å². The van der Waals surface area contributed by atoms with Gasteiger partial charge in [-0.1, -0.05) is 0 Å². The minimum Gasteiger partial charge on any atom is -0.329 e. The lowest BCUT2D eigenvalue weighted by Crippen LogP contribution is -2.44. The summed E-state index contributed by atoms with van der Waals surface area (Å²) in [4.78, 5) is 2.35. The molecule has 0 unspecified atom stereocenters. The van der Waals surface area contributed by atoms with Crippen LogP contribution in [0.2, 0.25) is 0 Å². The van der Waals surface area contributed by atoms with Crippen molar-refractivity contribution in [1.29, 1.82) is 0 Å². The van der Waals surface area contributed by atoms with Crippen LogP contribution in [0.25, 0.3) is 0 Å². The van der Waals surface area contributed by atoms with Gasteiger partial charge in [0.25, 0.3) is 0 Å². The van der Waals surface area contributed by atoms with Crippen molar-refractivity contribution in [2.75, 3.05) is 20.1 Å². The van der Waals surface area contributed by atoms with Gasteiger partial charge in [-0.15, -0.1) is 0 Å². The average molecular weight is 128 g/mol. The number of likely N-dealkylation sites (tertiary alicyclic amines) is 1. The predicted molar refractivity (Wildman–Crippen MR) is 39.3 cm³/mol. The van der Waals surface area contributed by atoms with E-state index in [1.165, 1.54) is 19.4 Å². The van der Waals surface area contributed by atoms with Gasteiger partial charge in [0.2, 0.25) is 0 Å². The van der Waals surface area contributed by atoms with Crippen molar-refractivity contribution in [1.82, 2.24) is 4.90 Å². The summed E-state index contributed by atoms with van der Waals surface area (Å²) in [6.07, 6.45) is 2.57. The summed E-state index contributed by atoms with van der Waals surface area (Å²) in [6, 6.07) is 0. The Morgan fingerprint density at radius 3 is 2.56 bits per heavy atom. The van der Waals surface area contributed by atoms with Gasteiger partial charge >= 0.3 is 0 Å². The molecule has 0 amide bonds. The van der Waals surface area contributed by atoms with Crippen LogP contribution in [0.4, 0.5) is 0 Å². The molecule has 2 heteroatoms. The van der Waals surface area contributed by atoms with E-state index in [1.54, 1.807) is 0 Å². The molecule has 0 aromatic heterocycles. The standard InChI is InChI=1S/C7H16N2/c1-7(6-8)4-3-5-9(7)2/h3-6,8H2,1-2H3/t7-/m1/s1. The molecule has 0 saturated carbocycles. The SMILES string of the molecule is CN1CCC[C@]1(C)CN. The zero-order chi connectivity index (χ0) is 6.91. The molecule has 1 aliphatic rings. The van der Waals surface area contributed by atoms with E-state index in [2.05, 4.69) is 18.9 Å². The fourth-order valence-electron chi connectivity index (χ4n) is 1.42. The molecule has 1 aliphatic heterocycles. The van der Waals surface area contributed by atoms with Gasteiger partial charge in [-0.25, -0.2) is 0 Å². The molecule has 2 N–H and O–H groups in total. The lowest BCUT2D eigenvalue weighted by Gasteiger charge is -2.30. The molecule has 0 spiro atoms. The molecule has 0 aliphatic carbocycles. The molecule has 9 heavy (non-hydrogen) atoms. The zero-order valence-corrected chi connectivity index (χ0v) is 6.35. The van der Waals surface area contributed by atoms with Crippen molar-refractivity contribution in [2.45, 2.75) is 25.3 Å². The van der Waals surface area contributed by atoms with Gasteiger partial charge in [-0.3, -0.25) is 4.90 Å². The summed E-state index contributed by atoms with van der Waals surface area (Å²) >= 11 is 0. The van der Waals surface area contributed by atoms with Crippen LogP contribution in [-0.2, 0) is 0 Å². The molecule has 0 aromatic rings. The highest BCUT2D eigenvalue weighted by atomic mass is 15.2. The van der Waals surface area contributed by atoms with Gasteiger partial charge in [-0.2, -0.15) is 0 Å². The molecule has 1 atom stereocenters. The number of nitrogens with zero attached hydrogens (tertiary/aromatic N) is 1. The van der Waals surface area contributed by atoms with Crippen molar-refractivity contribution in [3.8, 4) is 0 Å². The fraction of sp³-hybridized carbons (Fsp3) is 1.00. The quantitative estimate of drug-likeness (QED) is 0.555. The summed E-state index contributed by atoms with van der Waals surface area (Å²) in [5, 5.41) is 0. The van der Waals surface area contributed by atoms with E-state index in [-0.39, 0.29) is 0 Å². The van der Waals surface area contributed by atoms with Gasteiger partial charge in [0.15, 0.2) is 0 Å². The number of hydrogen-bond donors (Lipinski definition) is 1. The first kappa shape index (κ1) is 7.03. The number of likely N-dealkylation sites (N-methyl/N-ethyl adjacent to an activating group) is 1. The Labute approximate surface area is 57.0 Å². The minimum absolute atomic E-state index is 0.306. The summed E-state index contributed by atoms with van der Waals surface area (Å²) in [5.41, 5.74) is 5.92. The molecule has 0 aromatic carbocycles. The van der Waals surface area contributed by atoms with E-state index in [0.29, 0.717) is 5.54 Å². The van der Waals surface area contributed by atoms with Crippen molar-refractivity contribution in [3.63, 3.8) is 0 Å². The summed E-state index contributed by atoms with van der Waals surface area (Å²) in [6.45, 7) is 4.25. The largest absolute Gasteiger partial charge is 0.329 e. The van der Waals surface area contributed by atoms with Gasteiger partial charge in [-0.05, 0) is 33.4 Å². The molecular weight excluding hydrogens is 112 g/mol. The van der Waals surface area contributed by atoms with Gasteiger partial charge in [0.05, 0.1) is 0 Å². The second-order valence-corrected chi connectivity index (χ2v) is 3.23. The molecule has 1 heterocycles. The topological polar surface area (TPSA) is 29.3 Å². The van der Waals surface area contributed by atoms with E-state index in [1.807, 2.05) is 0 Å². The van der Waals surface area contributed by atoms with Crippen molar-refractivity contribution >= 4 is 0 Å². The minimum atomic E-state index is 0.306. The van der Waals surface area contributed by atoms with Gasteiger partial charge in [0, 0.05) is 12.1 Å². The second-order valence-electron chi connectivity index (χ2n) is 3.23. The normalized spacial score (nSPS) is 37.7. The molecule has 0 radical (unpaired) electrons. The van der Waals surface area contributed by atoms with Crippen LogP contribution in [0.15, 0.2) is 0 Å². The third kappa shape index (κ3) is 1.10. The van der Waals surface area contributed by atoms with Crippen molar-refractivity contribution < 1.29 is 0 Å². The monoisotopic (exact) mass is 128 g/mol. The average Bonchev–Trinajstić information content (AvgIpc) is 2.15. The number of hydrogen-bond acceptors (Lipinski definition) is 2. The second kappa shape index (κ2) is 2.27. The zero-order valence-electron chi connectivity index (χ0n) is 6.35. The Kier molecular flexibility index (Phi) is 1.78. The maximum atomic E-state index is 5.62. The highest BCUT2D eigenvalue weighted by Gasteiger charge is 2.31. The van der Waals surface area contributed by atoms with Crippen molar-refractivity contribution in [3.05, 3.63) is 0 Å². The molecule has 54 valence electrons. The first-order valence-electron chi connectivity index (χ1n) is 3.60. The van der Waals surface area contributed by atoms with Crippen LogP contribution in [-0.4, -0.2) is 30.6 Å². The van der Waals surface area contributed by atoms with E-state index in [4.69, 9.17) is 5.73 Å². The lowest BCUT2D eigenvalue weighted by molar-refractivity contribution is 0.204. The highest BCUT2D eigenvalue weighted by molar-refractivity contribution is 4.90. The van der Waals surface area contributed by atoms with Crippen molar-refractivity contribution in [2.24, 2.45) is 5.73 Å². The van der Waals surface area contributed by atoms with Gasteiger partial charge in [0.1, 0.15) is 0 Å². The summed E-state index contributed by atoms with van der Waals surface area (Å²) in [7, 11) is 2.15. The van der Waals surface area contributed by atoms with Gasteiger partial charge < -0.3 is 5.73 Å². The maximum absolute atomic E-state index is 5.62. The van der Waals surface area contributed by atoms with E-state index in [9.17, 15) is 0 Å². The summed E-state index contributed by atoms with van der Waals surface area (Å²) < 4.78 is 0. The van der Waals surface area contributed by atoms with E-state index in [0.717, 1.165) is 6.54 Å². The third-order valence-corrected chi connectivity index (χ3v) is 2.57. The number of rotatable bonds is 1. The van der Waals surface area contributed by atoms with Crippen LogP contribution in [0.5, 0.6) is 0 Å². The fourth-order valence-corrected chi connectivity index (χ4v) is 1.42. The highest BCUT2D eigenvalue weighted by Crippen LogP contribution is 2.25. The Morgan fingerprint density at radius 1 is 1.67 bits per heavy atom. The molecule has 1 rings (SSSR count). The van der Waals surface area contributed by atoms with Crippen LogP contribution in [0.3, 0.4) is 0 Å². The lowest BCUT2D eigenvalue weighted by atomic mass is 10.0. The molecule has 1 fully saturated rings. The summed E-state index contributed by atoms with van der Waals surface area (Å²) in [5.74, 6) is 0. The maximum Gasteiger partial charge on any atom is 0.0301 e. The molecule has 0 bridgehead atoms. The molecule has 1 saturated heterocycles. The van der Waals surface area contributed by atoms with Crippen LogP contribution in [0, 0.1) is 0 Å². The Balaban J connectivity index is 2.56. The van der Waals surface area contributed by atoms with E-state index >= 15 is 0 Å². The first-order valence-corrected chi connectivity index (χ1v) is 3.60. The van der Waals surface area contributed by atoms with Crippen LogP contribution in [0.1, 0.15) is 19.8 Å². The van der Waals surface area contributed by atoms with E-state index < -0.39 is 0 Å². The Morgan fingerprint density at radius 2 is 2.33 bits per heavy atom. The Bertz CT molecular complexity index is 103. The first-order chi connectivity index (χ1) is 4.19. The third-order valence-electron chi connectivity index (χ3n) is 2.57. The Hall–Kier alpha value is -0.0800. The predicted octanol–water partition coefficient (Wildman–Crippen LogP) is 0.429. The molecular formula is C7H16N2. The van der Waals surface area contributed by atoms with Crippen LogP contribution < -0.4 is 5.73 Å². The number of nitrogens with two attached hydrogens (primary N) is 1.